The van der Waals surface area contributed by atoms with E-state index in [1.807, 2.05) is 24.3 Å². The molecule has 1 heterocycles. The minimum atomic E-state index is 0.716. The van der Waals surface area contributed by atoms with Crippen LogP contribution in [-0.4, -0.2) is 23.2 Å². The standard InChI is InChI=1S/C31H50N2O2/c1-4-6-7-8-9-10-13-16-23-34-29-21-19-28(20-22-29)31-32-25-30(26-33-31)35-24-17-14-11-12-15-18-27(3)5-2/h19-22,25-27H,4-18,23-24H2,1-3H3. The summed E-state index contributed by atoms with van der Waals surface area (Å²) in [6.45, 7) is 8.42. The molecule has 1 atom stereocenters. The largest absolute Gasteiger partial charge is 0.494 e. The van der Waals surface area contributed by atoms with Gasteiger partial charge in [-0.25, -0.2) is 9.97 Å². The molecule has 4 heteroatoms. The van der Waals surface area contributed by atoms with E-state index in [1.54, 1.807) is 12.4 Å². The second kappa shape index (κ2) is 19.1. The lowest BCUT2D eigenvalue weighted by Gasteiger charge is -2.09. The van der Waals surface area contributed by atoms with E-state index in [9.17, 15) is 0 Å². The first-order valence-corrected chi connectivity index (χ1v) is 14.4. The lowest BCUT2D eigenvalue weighted by atomic mass is 10.0. The number of ether oxygens (including phenoxy) is 2. The number of benzene rings is 1. The van der Waals surface area contributed by atoms with E-state index in [4.69, 9.17) is 9.47 Å². The number of rotatable bonds is 21. The van der Waals surface area contributed by atoms with E-state index in [2.05, 4.69) is 30.7 Å². The Bertz CT molecular complexity index is 746. The molecule has 0 saturated heterocycles. The summed E-state index contributed by atoms with van der Waals surface area (Å²) in [6.07, 6.45) is 23.1. The van der Waals surface area contributed by atoms with E-state index in [1.165, 1.54) is 83.5 Å². The van der Waals surface area contributed by atoms with Gasteiger partial charge in [-0.1, -0.05) is 104 Å². The number of hydrogen-bond donors (Lipinski definition) is 0. The first-order valence-electron chi connectivity index (χ1n) is 14.4. The molecule has 2 aromatic rings. The molecule has 2 rings (SSSR count). The molecule has 1 aromatic heterocycles. The van der Waals surface area contributed by atoms with Crippen LogP contribution < -0.4 is 9.47 Å². The van der Waals surface area contributed by atoms with Gasteiger partial charge in [-0.3, -0.25) is 0 Å². The average molecular weight is 483 g/mol. The van der Waals surface area contributed by atoms with Gasteiger partial charge in [-0.05, 0) is 43.0 Å². The maximum Gasteiger partial charge on any atom is 0.159 e. The Kier molecular flexibility index (Phi) is 15.9. The Hall–Kier alpha value is -2.10. The summed E-state index contributed by atoms with van der Waals surface area (Å²) < 4.78 is 11.7. The highest BCUT2D eigenvalue weighted by Crippen LogP contribution is 2.21. The Morgan fingerprint density at radius 2 is 1.14 bits per heavy atom. The molecule has 0 radical (unpaired) electrons. The first kappa shape index (κ1) is 29.1. The average Bonchev–Trinajstić information content (AvgIpc) is 2.90. The van der Waals surface area contributed by atoms with Gasteiger partial charge in [0.25, 0.3) is 0 Å². The topological polar surface area (TPSA) is 44.2 Å². The summed E-state index contributed by atoms with van der Waals surface area (Å²) >= 11 is 0. The third-order valence-electron chi connectivity index (χ3n) is 6.81. The highest BCUT2D eigenvalue weighted by Gasteiger charge is 2.04. The molecule has 1 aromatic carbocycles. The van der Waals surface area contributed by atoms with E-state index >= 15 is 0 Å². The van der Waals surface area contributed by atoms with Crippen LogP contribution in [0.4, 0.5) is 0 Å². The summed E-state index contributed by atoms with van der Waals surface area (Å²) in [5, 5.41) is 0. The van der Waals surface area contributed by atoms with Crippen LogP contribution in [-0.2, 0) is 0 Å². The van der Waals surface area contributed by atoms with Gasteiger partial charge in [0.05, 0.1) is 25.6 Å². The summed E-state index contributed by atoms with van der Waals surface area (Å²) in [5.74, 6) is 3.25. The smallest absolute Gasteiger partial charge is 0.159 e. The summed E-state index contributed by atoms with van der Waals surface area (Å²) in [4.78, 5) is 8.98. The van der Waals surface area contributed by atoms with E-state index in [-0.39, 0.29) is 0 Å². The predicted octanol–water partition coefficient (Wildman–Crippen LogP) is 9.43. The van der Waals surface area contributed by atoms with Gasteiger partial charge in [0.1, 0.15) is 5.75 Å². The van der Waals surface area contributed by atoms with Crippen LogP contribution in [0.2, 0.25) is 0 Å². The Labute approximate surface area is 215 Å². The fourth-order valence-corrected chi connectivity index (χ4v) is 4.19. The van der Waals surface area contributed by atoms with Gasteiger partial charge >= 0.3 is 0 Å². The van der Waals surface area contributed by atoms with Crippen molar-refractivity contribution in [2.45, 2.75) is 117 Å². The molecule has 0 amide bonds. The molecule has 0 aliphatic heterocycles. The summed E-state index contributed by atoms with van der Waals surface area (Å²) in [5.41, 5.74) is 0.994. The van der Waals surface area contributed by atoms with Crippen molar-refractivity contribution in [2.24, 2.45) is 5.92 Å². The molecule has 0 N–H and O–H groups in total. The normalized spacial score (nSPS) is 12.0. The number of unbranched alkanes of at least 4 members (excludes halogenated alkanes) is 11. The van der Waals surface area contributed by atoms with Crippen molar-refractivity contribution in [1.82, 2.24) is 9.97 Å². The molecule has 0 fully saturated rings. The lowest BCUT2D eigenvalue weighted by molar-refractivity contribution is 0.301. The van der Waals surface area contributed by atoms with Crippen LogP contribution >= 0.6 is 0 Å². The van der Waals surface area contributed by atoms with Crippen molar-refractivity contribution in [3.8, 4) is 22.9 Å². The molecule has 0 aliphatic carbocycles. The second-order valence-corrected chi connectivity index (χ2v) is 10.0. The van der Waals surface area contributed by atoms with Gasteiger partial charge < -0.3 is 9.47 Å². The minimum absolute atomic E-state index is 0.716. The van der Waals surface area contributed by atoms with Crippen molar-refractivity contribution in [2.75, 3.05) is 13.2 Å². The SMILES string of the molecule is CCCCCCCCCCOc1ccc(-c2ncc(OCCCCCCCC(C)CC)cn2)cc1. The second-order valence-electron chi connectivity index (χ2n) is 10.0. The molecular formula is C31H50N2O2. The van der Waals surface area contributed by atoms with Crippen LogP contribution in [0.5, 0.6) is 11.5 Å². The molecule has 35 heavy (non-hydrogen) atoms. The van der Waals surface area contributed by atoms with Crippen LogP contribution in [0.1, 0.15) is 117 Å². The number of nitrogens with zero attached hydrogens (tertiary/aromatic N) is 2. The van der Waals surface area contributed by atoms with Crippen molar-refractivity contribution in [3.05, 3.63) is 36.7 Å². The highest BCUT2D eigenvalue weighted by molar-refractivity contribution is 5.56. The third-order valence-corrected chi connectivity index (χ3v) is 6.81. The number of aromatic nitrogens is 2. The summed E-state index contributed by atoms with van der Waals surface area (Å²) in [7, 11) is 0. The van der Waals surface area contributed by atoms with Crippen molar-refractivity contribution >= 4 is 0 Å². The van der Waals surface area contributed by atoms with Crippen molar-refractivity contribution in [3.63, 3.8) is 0 Å². The molecule has 0 spiro atoms. The highest BCUT2D eigenvalue weighted by atomic mass is 16.5. The van der Waals surface area contributed by atoms with Gasteiger partial charge in [0.15, 0.2) is 11.6 Å². The fraction of sp³-hybridized carbons (Fsp3) is 0.677. The molecule has 0 aliphatic rings. The van der Waals surface area contributed by atoms with E-state index in [0.29, 0.717) is 5.82 Å². The fourth-order valence-electron chi connectivity index (χ4n) is 4.19. The van der Waals surface area contributed by atoms with Crippen LogP contribution in [0, 0.1) is 5.92 Å². The molecule has 1 unspecified atom stereocenters. The zero-order valence-electron chi connectivity index (χ0n) is 22.8. The van der Waals surface area contributed by atoms with Crippen molar-refractivity contribution < 1.29 is 9.47 Å². The van der Waals surface area contributed by atoms with Gasteiger partial charge in [0, 0.05) is 5.56 Å². The van der Waals surface area contributed by atoms with E-state index < -0.39 is 0 Å². The maximum atomic E-state index is 5.90. The zero-order valence-corrected chi connectivity index (χ0v) is 22.8. The Morgan fingerprint density at radius 3 is 1.71 bits per heavy atom. The van der Waals surface area contributed by atoms with Crippen LogP contribution in [0.15, 0.2) is 36.7 Å². The van der Waals surface area contributed by atoms with Gasteiger partial charge in [0.2, 0.25) is 0 Å². The molecule has 0 saturated carbocycles. The van der Waals surface area contributed by atoms with Crippen LogP contribution in [0.3, 0.4) is 0 Å². The Balaban J connectivity index is 1.56. The lowest BCUT2D eigenvalue weighted by Crippen LogP contribution is -1.99. The number of hydrogen-bond acceptors (Lipinski definition) is 4. The monoisotopic (exact) mass is 482 g/mol. The quantitative estimate of drug-likeness (QED) is 0.166. The third kappa shape index (κ3) is 13.5. The maximum absolute atomic E-state index is 5.90. The Morgan fingerprint density at radius 1 is 0.629 bits per heavy atom. The predicted molar refractivity (Wildman–Crippen MR) is 148 cm³/mol. The van der Waals surface area contributed by atoms with Gasteiger partial charge in [-0.2, -0.15) is 0 Å². The van der Waals surface area contributed by atoms with Gasteiger partial charge in [-0.15, -0.1) is 0 Å². The minimum Gasteiger partial charge on any atom is -0.494 e. The molecule has 196 valence electrons. The molecule has 4 nitrogen and oxygen atoms in total. The first-order chi connectivity index (χ1) is 17.2. The van der Waals surface area contributed by atoms with Crippen molar-refractivity contribution in [1.29, 1.82) is 0 Å². The summed E-state index contributed by atoms with van der Waals surface area (Å²) in [6, 6.07) is 8.08. The molecular weight excluding hydrogens is 432 g/mol. The zero-order chi connectivity index (χ0) is 25.0. The van der Waals surface area contributed by atoms with Crippen LogP contribution in [0.25, 0.3) is 11.4 Å². The van der Waals surface area contributed by atoms with E-state index in [0.717, 1.165) is 49.0 Å². The molecule has 0 bridgehead atoms.